The van der Waals surface area contributed by atoms with Crippen LogP contribution in [0.4, 0.5) is 0 Å². The van der Waals surface area contributed by atoms with Gasteiger partial charge in [0.15, 0.2) is 0 Å². The summed E-state index contributed by atoms with van der Waals surface area (Å²) in [5, 5.41) is 0. The van der Waals surface area contributed by atoms with E-state index in [2.05, 4.69) is 24.1 Å². The summed E-state index contributed by atoms with van der Waals surface area (Å²) in [5.74, 6) is 0. The van der Waals surface area contributed by atoms with Gasteiger partial charge in [-0.2, -0.15) is 0 Å². The lowest BCUT2D eigenvalue weighted by Crippen LogP contribution is -2.09. The van der Waals surface area contributed by atoms with Crippen LogP contribution >= 0.6 is 0 Å². The molecule has 0 aromatic carbocycles. The number of hydrogen-bond donors (Lipinski definition) is 1. The van der Waals surface area contributed by atoms with Gasteiger partial charge in [-0.05, 0) is 19.0 Å². The molecule has 0 radical (unpaired) electrons. The Bertz CT molecular complexity index is 275. The van der Waals surface area contributed by atoms with Gasteiger partial charge in [0.2, 0.25) is 0 Å². The predicted octanol–water partition coefficient (Wildman–Crippen LogP) is 6.01. The van der Waals surface area contributed by atoms with Gasteiger partial charge < -0.3 is 10.6 Å². The van der Waals surface area contributed by atoms with E-state index in [1.54, 1.807) is 0 Å². The molecule has 1 saturated heterocycles. The van der Waals surface area contributed by atoms with Crippen molar-refractivity contribution in [3.8, 4) is 0 Å². The molecule has 1 rings (SSSR count). The Hall–Kier alpha value is -0.500. The predicted molar refractivity (Wildman–Crippen MR) is 104 cm³/mol. The van der Waals surface area contributed by atoms with Crippen LogP contribution in [0.25, 0.3) is 0 Å². The van der Waals surface area contributed by atoms with Crippen molar-refractivity contribution in [2.45, 2.75) is 109 Å². The van der Waals surface area contributed by atoms with E-state index in [4.69, 9.17) is 5.73 Å². The maximum Gasteiger partial charge on any atom is 0.0582 e. The van der Waals surface area contributed by atoms with Gasteiger partial charge in [-0.25, -0.2) is 0 Å². The van der Waals surface area contributed by atoms with Crippen molar-refractivity contribution < 1.29 is 0 Å². The molecule has 23 heavy (non-hydrogen) atoms. The maximum atomic E-state index is 5.61. The molecule has 0 saturated carbocycles. The Kier molecular flexibility index (Phi) is 13.4. The molecule has 0 spiro atoms. The number of nitrogens with two attached hydrogens (primary N) is 1. The van der Waals surface area contributed by atoms with Crippen LogP contribution in [-0.4, -0.2) is 24.0 Å². The molecule has 2 heteroatoms. The number of unbranched alkanes of at least 4 members (excludes halogenated alkanes) is 14. The summed E-state index contributed by atoms with van der Waals surface area (Å²) in [6.45, 7) is 4.27. The van der Waals surface area contributed by atoms with Crippen LogP contribution in [-0.2, 0) is 0 Å². The third-order valence-corrected chi connectivity index (χ3v) is 5.05. The van der Waals surface area contributed by atoms with Gasteiger partial charge in [-0.1, -0.05) is 96.5 Å². The molecule has 1 unspecified atom stereocenters. The fourth-order valence-electron chi connectivity index (χ4n) is 3.26. The summed E-state index contributed by atoms with van der Waals surface area (Å²) in [6.07, 6.45) is 26.0. The summed E-state index contributed by atoms with van der Waals surface area (Å²) in [4.78, 5) is 2.34. The normalized spacial score (nSPS) is 17.3. The number of rotatable bonds is 17. The topological polar surface area (TPSA) is 29.0 Å². The molecule has 1 atom stereocenters. The molecular weight excluding hydrogens is 280 g/mol. The van der Waals surface area contributed by atoms with Crippen molar-refractivity contribution in [1.29, 1.82) is 0 Å². The van der Waals surface area contributed by atoms with E-state index in [1.165, 1.54) is 103 Å². The van der Waals surface area contributed by atoms with E-state index in [-0.39, 0.29) is 0 Å². The first kappa shape index (κ1) is 20.5. The molecule has 1 fully saturated rings. The van der Waals surface area contributed by atoms with Gasteiger partial charge in [0, 0.05) is 13.1 Å². The van der Waals surface area contributed by atoms with Crippen molar-refractivity contribution in [2.75, 3.05) is 13.1 Å². The fraction of sp³-hybridized carbons (Fsp3) is 0.905. The second kappa shape index (κ2) is 15.1. The minimum atomic E-state index is 0.641. The average molecular weight is 323 g/mol. The average Bonchev–Trinajstić information content (AvgIpc) is 3.33. The van der Waals surface area contributed by atoms with Gasteiger partial charge in [-0.3, -0.25) is 0 Å². The Morgan fingerprint density at radius 3 is 1.70 bits per heavy atom. The summed E-state index contributed by atoms with van der Waals surface area (Å²) in [5.41, 5.74) is 5.61. The van der Waals surface area contributed by atoms with Gasteiger partial charge in [0.05, 0.1) is 6.04 Å². The minimum absolute atomic E-state index is 0.641. The third-order valence-electron chi connectivity index (χ3n) is 5.05. The second-order valence-electron chi connectivity index (χ2n) is 7.36. The Labute approximate surface area is 145 Å². The van der Waals surface area contributed by atoms with Crippen molar-refractivity contribution in [3.05, 3.63) is 12.3 Å². The van der Waals surface area contributed by atoms with Crippen LogP contribution in [0.2, 0.25) is 0 Å². The molecule has 0 aliphatic carbocycles. The zero-order valence-electron chi connectivity index (χ0n) is 15.8. The Morgan fingerprint density at radius 1 is 0.783 bits per heavy atom. The van der Waals surface area contributed by atoms with E-state index in [0.717, 1.165) is 6.54 Å². The number of hydrogen-bond acceptors (Lipinski definition) is 2. The third kappa shape index (κ3) is 12.6. The van der Waals surface area contributed by atoms with Crippen molar-refractivity contribution in [2.24, 2.45) is 5.73 Å². The molecular formula is C21H42N2. The lowest BCUT2D eigenvalue weighted by molar-refractivity contribution is 0.536. The van der Waals surface area contributed by atoms with Crippen molar-refractivity contribution >= 4 is 0 Å². The zero-order chi connectivity index (χ0) is 16.6. The van der Waals surface area contributed by atoms with Gasteiger partial charge in [-0.15, -0.1) is 0 Å². The Morgan fingerprint density at radius 2 is 1.26 bits per heavy atom. The SMILES string of the molecule is CCCCCCCCCCCCCCCCC=CN1CC1CN. The van der Waals surface area contributed by atoms with E-state index in [0.29, 0.717) is 6.04 Å². The first-order valence-corrected chi connectivity index (χ1v) is 10.5. The first-order valence-electron chi connectivity index (χ1n) is 10.5. The monoisotopic (exact) mass is 322 g/mol. The van der Waals surface area contributed by atoms with Crippen molar-refractivity contribution in [3.63, 3.8) is 0 Å². The van der Waals surface area contributed by atoms with Gasteiger partial charge in [0.1, 0.15) is 0 Å². The first-order chi connectivity index (χ1) is 11.4. The molecule has 1 heterocycles. The summed E-state index contributed by atoms with van der Waals surface area (Å²) in [7, 11) is 0. The van der Waals surface area contributed by atoms with Crippen LogP contribution in [0.1, 0.15) is 103 Å². The standard InChI is InChI=1S/C21H42N2/c1-2-3-4-5-6-7-8-9-10-11-12-13-14-15-16-17-18-23-20-21(23)19-22/h17-18,21H,2-16,19-20,22H2,1H3. The van der Waals surface area contributed by atoms with E-state index in [9.17, 15) is 0 Å². The molecule has 1 aliphatic rings. The highest BCUT2D eigenvalue weighted by Crippen LogP contribution is 2.17. The maximum absolute atomic E-state index is 5.61. The van der Waals surface area contributed by atoms with Gasteiger partial charge >= 0.3 is 0 Å². The Balaban J connectivity index is 1.67. The summed E-state index contributed by atoms with van der Waals surface area (Å²) >= 11 is 0. The lowest BCUT2D eigenvalue weighted by atomic mass is 10.0. The summed E-state index contributed by atoms with van der Waals surface area (Å²) in [6, 6.07) is 0.641. The van der Waals surface area contributed by atoms with Crippen LogP contribution in [0.5, 0.6) is 0 Å². The summed E-state index contributed by atoms with van der Waals surface area (Å²) < 4.78 is 0. The number of nitrogens with zero attached hydrogens (tertiary/aromatic N) is 1. The van der Waals surface area contributed by atoms with Crippen molar-refractivity contribution in [1.82, 2.24) is 4.90 Å². The molecule has 0 aromatic heterocycles. The highest BCUT2D eigenvalue weighted by atomic mass is 15.3. The molecule has 1 aliphatic heterocycles. The van der Waals surface area contributed by atoms with E-state index in [1.807, 2.05) is 0 Å². The molecule has 0 aromatic rings. The molecule has 2 N–H and O–H groups in total. The lowest BCUT2D eigenvalue weighted by Gasteiger charge is -2.03. The molecule has 0 bridgehead atoms. The molecule has 136 valence electrons. The van der Waals surface area contributed by atoms with Crippen LogP contribution in [0, 0.1) is 0 Å². The molecule has 0 amide bonds. The van der Waals surface area contributed by atoms with E-state index < -0.39 is 0 Å². The van der Waals surface area contributed by atoms with Crippen LogP contribution in [0.3, 0.4) is 0 Å². The second-order valence-corrected chi connectivity index (χ2v) is 7.36. The van der Waals surface area contributed by atoms with Crippen LogP contribution < -0.4 is 5.73 Å². The number of allylic oxidation sites excluding steroid dienone is 1. The minimum Gasteiger partial charge on any atom is -0.370 e. The molecule has 2 nitrogen and oxygen atoms in total. The highest BCUT2D eigenvalue weighted by Gasteiger charge is 2.28. The quantitative estimate of drug-likeness (QED) is 0.262. The largest absolute Gasteiger partial charge is 0.370 e. The van der Waals surface area contributed by atoms with Crippen LogP contribution in [0.15, 0.2) is 12.3 Å². The fourth-order valence-corrected chi connectivity index (χ4v) is 3.26. The van der Waals surface area contributed by atoms with E-state index >= 15 is 0 Å². The zero-order valence-corrected chi connectivity index (χ0v) is 15.8. The van der Waals surface area contributed by atoms with Gasteiger partial charge in [0.25, 0.3) is 0 Å². The smallest absolute Gasteiger partial charge is 0.0582 e. The highest BCUT2D eigenvalue weighted by molar-refractivity contribution is 4.99.